The van der Waals surface area contributed by atoms with Crippen LogP contribution < -0.4 is 0 Å². The summed E-state index contributed by atoms with van der Waals surface area (Å²) in [4.78, 5) is 2.79. The molecule has 0 amide bonds. The van der Waals surface area contributed by atoms with Gasteiger partial charge in [-0.1, -0.05) is 43.2 Å². The number of hydrogen-bond donors (Lipinski definition) is 0. The topological polar surface area (TPSA) is 3.24 Å². The molecule has 0 radical (unpaired) electrons. The SMILES string of the molecule is c1ccc(C23CCCCC2CN(CC2CC2)CC3)cc1. The van der Waals surface area contributed by atoms with Crippen LogP contribution >= 0.6 is 0 Å². The Balaban J connectivity index is 1.57. The number of hydrogen-bond acceptors (Lipinski definition) is 1. The van der Waals surface area contributed by atoms with Crippen molar-refractivity contribution in [2.45, 2.75) is 50.4 Å². The number of likely N-dealkylation sites (tertiary alicyclic amines) is 1. The molecule has 2 unspecified atom stereocenters. The summed E-state index contributed by atoms with van der Waals surface area (Å²) in [5.41, 5.74) is 2.15. The van der Waals surface area contributed by atoms with Crippen LogP contribution in [0.25, 0.3) is 0 Å². The number of rotatable bonds is 3. The zero-order valence-corrected chi connectivity index (χ0v) is 12.6. The fourth-order valence-electron chi connectivity index (χ4n) is 4.79. The molecule has 1 aromatic rings. The smallest absolute Gasteiger partial charge is 0.00183 e. The van der Waals surface area contributed by atoms with Gasteiger partial charge in [0.2, 0.25) is 0 Å². The quantitative estimate of drug-likeness (QED) is 0.793. The average Bonchev–Trinajstić information content (AvgIpc) is 3.32. The van der Waals surface area contributed by atoms with Gasteiger partial charge in [-0.05, 0) is 56.0 Å². The van der Waals surface area contributed by atoms with Gasteiger partial charge >= 0.3 is 0 Å². The maximum absolute atomic E-state index is 2.79. The lowest BCUT2D eigenvalue weighted by atomic mass is 9.59. The summed E-state index contributed by atoms with van der Waals surface area (Å²) >= 11 is 0. The zero-order valence-electron chi connectivity index (χ0n) is 12.6. The highest BCUT2D eigenvalue weighted by atomic mass is 15.1. The largest absolute Gasteiger partial charge is 0.303 e. The van der Waals surface area contributed by atoms with E-state index in [0.717, 1.165) is 11.8 Å². The Bertz CT molecular complexity index is 450. The van der Waals surface area contributed by atoms with Crippen molar-refractivity contribution in [2.24, 2.45) is 11.8 Å². The van der Waals surface area contributed by atoms with Crippen molar-refractivity contribution in [2.75, 3.05) is 19.6 Å². The van der Waals surface area contributed by atoms with Crippen LogP contribution in [0.3, 0.4) is 0 Å². The Labute approximate surface area is 123 Å². The highest BCUT2D eigenvalue weighted by Crippen LogP contribution is 2.49. The third-order valence-corrected chi connectivity index (χ3v) is 6.12. The molecule has 1 saturated heterocycles. The molecule has 1 heterocycles. The standard InChI is InChI=1S/C19H27N/c1-2-6-17(7-3-1)19-11-5-4-8-18(19)15-20(13-12-19)14-16-9-10-16/h1-3,6-7,16,18H,4-5,8-15H2. The predicted octanol–water partition coefficient (Wildman–Crippen LogP) is 4.23. The Kier molecular flexibility index (Phi) is 3.34. The van der Waals surface area contributed by atoms with E-state index in [0.29, 0.717) is 5.41 Å². The molecular weight excluding hydrogens is 242 g/mol. The van der Waals surface area contributed by atoms with E-state index < -0.39 is 0 Å². The first-order valence-electron chi connectivity index (χ1n) is 8.65. The minimum atomic E-state index is 0.513. The molecule has 108 valence electrons. The first-order valence-corrected chi connectivity index (χ1v) is 8.65. The van der Waals surface area contributed by atoms with Crippen molar-refractivity contribution in [3.63, 3.8) is 0 Å². The van der Waals surface area contributed by atoms with Crippen LogP contribution in [-0.4, -0.2) is 24.5 Å². The van der Waals surface area contributed by atoms with Gasteiger partial charge in [0.1, 0.15) is 0 Å². The fraction of sp³-hybridized carbons (Fsp3) is 0.684. The molecule has 2 saturated carbocycles. The van der Waals surface area contributed by atoms with Crippen molar-refractivity contribution in [1.82, 2.24) is 4.90 Å². The first kappa shape index (κ1) is 12.9. The van der Waals surface area contributed by atoms with Crippen molar-refractivity contribution in [3.8, 4) is 0 Å². The number of benzene rings is 1. The molecule has 0 aromatic heterocycles. The van der Waals surface area contributed by atoms with E-state index in [2.05, 4.69) is 35.2 Å². The van der Waals surface area contributed by atoms with Gasteiger partial charge in [0.25, 0.3) is 0 Å². The number of nitrogens with zero attached hydrogens (tertiary/aromatic N) is 1. The summed E-state index contributed by atoms with van der Waals surface area (Å²) in [6.07, 6.45) is 10.2. The molecule has 0 spiro atoms. The lowest BCUT2D eigenvalue weighted by molar-refractivity contribution is 0.0538. The van der Waals surface area contributed by atoms with Crippen LogP contribution in [-0.2, 0) is 5.41 Å². The molecule has 3 fully saturated rings. The minimum Gasteiger partial charge on any atom is -0.303 e. The number of piperidine rings is 1. The summed E-state index contributed by atoms with van der Waals surface area (Å²) in [5.74, 6) is 1.95. The molecule has 1 aliphatic heterocycles. The Morgan fingerprint density at radius 2 is 1.85 bits per heavy atom. The number of fused-ring (bicyclic) bond motifs is 1. The highest BCUT2D eigenvalue weighted by molar-refractivity contribution is 5.28. The Morgan fingerprint density at radius 3 is 2.65 bits per heavy atom. The van der Waals surface area contributed by atoms with Crippen LogP contribution in [0.4, 0.5) is 0 Å². The second kappa shape index (κ2) is 5.18. The van der Waals surface area contributed by atoms with Crippen LogP contribution in [0.5, 0.6) is 0 Å². The molecule has 0 bridgehead atoms. The van der Waals surface area contributed by atoms with Crippen LogP contribution in [0.15, 0.2) is 30.3 Å². The van der Waals surface area contributed by atoms with E-state index >= 15 is 0 Å². The maximum atomic E-state index is 2.79. The summed E-state index contributed by atoms with van der Waals surface area (Å²) in [6.45, 7) is 4.09. The van der Waals surface area contributed by atoms with Crippen molar-refractivity contribution >= 4 is 0 Å². The molecule has 20 heavy (non-hydrogen) atoms. The van der Waals surface area contributed by atoms with Crippen molar-refractivity contribution < 1.29 is 0 Å². The molecule has 1 heteroatoms. The van der Waals surface area contributed by atoms with Crippen LogP contribution in [0, 0.1) is 11.8 Å². The fourth-order valence-corrected chi connectivity index (χ4v) is 4.79. The normalized spacial score (nSPS) is 34.7. The highest BCUT2D eigenvalue weighted by Gasteiger charge is 2.45. The second-order valence-corrected chi connectivity index (χ2v) is 7.42. The van der Waals surface area contributed by atoms with E-state index in [4.69, 9.17) is 0 Å². The summed E-state index contributed by atoms with van der Waals surface area (Å²) in [5, 5.41) is 0. The van der Waals surface area contributed by atoms with Gasteiger partial charge in [-0.2, -0.15) is 0 Å². The van der Waals surface area contributed by atoms with Gasteiger partial charge in [-0.15, -0.1) is 0 Å². The zero-order chi connectivity index (χ0) is 13.4. The molecule has 2 aliphatic carbocycles. The Hall–Kier alpha value is -0.820. The molecular formula is C19H27N. The van der Waals surface area contributed by atoms with Gasteiger partial charge in [-0.3, -0.25) is 0 Å². The van der Waals surface area contributed by atoms with Crippen LogP contribution in [0.2, 0.25) is 0 Å². The monoisotopic (exact) mass is 269 g/mol. The van der Waals surface area contributed by atoms with Crippen LogP contribution in [0.1, 0.15) is 50.5 Å². The van der Waals surface area contributed by atoms with Gasteiger partial charge in [0.05, 0.1) is 0 Å². The second-order valence-electron chi connectivity index (χ2n) is 7.42. The third-order valence-electron chi connectivity index (χ3n) is 6.12. The van der Waals surface area contributed by atoms with E-state index in [9.17, 15) is 0 Å². The maximum Gasteiger partial charge on any atom is 0.00183 e. The molecule has 2 atom stereocenters. The predicted molar refractivity (Wildman–Crippen MR) is 83.9 cm³/mol. The molecule has 1 aromatic carbocycles. The average molecular weight is 269 g/mol. The van der Waals surface area contributed by atoms with E-state index in [1.165, 1.54) is 64.6 Å². The summed E-state index contributed by atoms with van der Waals surface area (Å²) in [7, 11) is 0. The molecule has 4 rings (SSSR count). The van der Waals surface area contributed by atoms with E-state index in [-0.39, 0.29) is 0 Å². The summed E-state index contributed by atoms with van der Waals surface area (Å²) < 4.78 is 0. The lowest BCUT2D eigenvalue weighted by Crippen LogP contribution is -2.51. The molecule has 3 aliphatic rings. The molecule has 0 N–H and O–H groups in total. The first-order chi connectivity index (χ1) is 9.87. The van der Waals surface area contributed by atoms with Gasteiger partial charge in [0, 0.05) is 18.5 Å². The van der Waals surface area contributed by atoms with Gasteiger partial charge in [-0.25, -0.2) is 0 Å². The lowest BCUT2D eigenvalue weighted by Gasteiger charge is -2.51. The van der Waals surface area contributed by atoms with Gasteiger partial charge in [0.15, 0.2) is 0 Å². The molecule has 1 nitrogen and oxygen atoms in total. The van der Waals surface area contributed by atoms with Crippen molar-refractivity contribution in [3.05, 3.63) is 35.9 Å². The van der Waals surface area contributed by atoms with Gasteiger partial charge < -0.3 is 4.90 Å². The minimum absolute atomic E-state index is 0.513. The van der Waals surface area contributed by atoms with E-state index in [1.54, 1.807) is 5.56 Å². The van der Waals surface area contributed by atoms with E-state index in [1.807, 2.05) is 0 Å². The van der Waals surface area contributed by atoms with Crippen molar-refractivity contribution in [1.29, 1.82) is 0 Å². The Morgan fingerprint density at radius 1 is 1.00 bits per heavy atom. The third kappa shape index (κ3) is 2.30. The summed E-state index contributed by atoms with van der Waals surface area (Å²) in [6, 6.07) is 11.4.